The third kappa shape index (κ3) is 2.74. The molecule has 1 aromatic rings. The van der Waals surface area contributed by atoms with Gasteiger partial charge in [-0.25, -0.2) is 13.2 Å². The van der Waals surface area contributed by atoms with Crippen LogP contribution in [0.1, 0.15) is 24.0 Å². The summed E-state index contributed by atoms with van der Waals surface area (Å²) in [7, 11) is 0. The van der Waals surface area contributed by atoms with Crippen molar-refractivity contribution in [1.82, 2.24) is 0 Å². The van der Waals surface area contributed by atoms with Crippen LogP contribution in [0.4, 0.5) is 13.2 Å². The van der Waals surface area contributed by atoms with Gasteiger partial charge < -0.3 is 0 Å². The Labute approximate surface area is 89.3 Å². The third-order valence-corrected chi connectivity index (χ3v) is 2.51. The molecule has 0 aliphatic carbocycles. The van der Waals surface area contributed by atoms with E-state index in [2.05, 4.69) is 15.9 Å². The molecule has 0 amide bonds. The molecule has 0 aromatic heterocycles. The molecule has 0 radical (unpaired) electrons. The Kier molecular flexibility index (Phi) is 4.45. The number of benzene rings is 1. The first kappa shape index (κ1) is 11.6. The van der Waals surface area contributed by atoms with Crippen molar-refractivity contribution in [2.24, 2.45) is 0 Å². The summed E-state index contributed by atoms with van der Waals surface area (Å²) in [6, 6.07) is 3.81. The number of hydrogen-bond donors (Lipinski definition) is 0. The molecule has 78 valence electrons. The van der Waals surface area contributed by atoms with Crippen molar-refractivity contribution in [3.63, 3.8) is 0 Å². The van der Waals surface area contributed by atoms with Crippen molar-refractivity contribution in [3.8, 4) is 0 Å². The first-order valence-corrected chi connectivity index (χ1v) is 5.40. The Morgan fingerprint density at radius 2 is 2.00 bits per heavy atom. The molecule has 0 nitrogen and oxygen atoms in total. The molecule has 0 bridgehead atoms. The number of alkyl halides is 3. The summed E-state index contributed by atoms with van der Waals surface area (Å²) in [5.74, 6) is -0.538. The van der Waals surface area contributed by atoms with Crippen molar-refractivity contribution < 1.29 is 13.2 Å². The van der Waals surface area contributed by atoms with Crippen LogP contribution in [0, 0.1) is 5.82 Å². The van der Waals surface area contributed by atoms with E-state index in [9.17, 15) is 13.2 Å². The average Bonchev–Trinajstić information content (AvgIpc) is 2.15. The molecular weight excluding hydrogens is 257 g/mol. The van der Waals surface area contributed by atoms with Gasteiger partial charge in [-0.3, -0.25) is 0 Å². The van der Waals surface area contributed by atoms with Crippen LogP contribution < -0.4 is 0 Å². The smallest absolute Gasteiger partial charge is 0.207 e. The number of rotatable bonds is 4. The van der Waals surface area contributed by atoms with Crippen molar-refractivity contribution >= 4 is 15.9 Å². The minimum absolute atomic E-state index is 0.141. The van der Waals surface area contributed by atoms with E-state index in [-0.39, 0.29) is 11.1 Å². The maximum atomic E-state index is 13.2. The van der Waals surface area contributed by atoms with Gasteiger partial charge in [0.1, 0.15) is 5.82 Å². The fourth-order valence-corrected chi connectivity index (χ4v) is 1.57. The summed E-state index contributed by atoms with van der Waals surface area (Å²) in [5, 5.41) is 0.685. The molecule has 1 aromatic carbocycles. The topological polar surface area (TPSA) is 0 Å². The van der Waals surface area contributed by atoms with Gasteiger partial charge in [-0.15, -0.1) is 0 Å². The van der Waals surface area contributed by atoms with E-state index in [1.807, 2.05) is 0 Å². The highest BCUT2D eigenvalue weighted by Gasteiger charge is 2.15. The Hall–Kier alpha value is -0.510. The highest BCUT2D eigenvalue weighted by atomic mass is 79.9. The van der Waals surface area contributed by atoms with Crippen LogP contribution in [0.25, 0.3) is 0 Å². The summed E-state index contributed by atoms with van der Waals surface area (Å²) in [6.45, 7) is 0. The lowest BCUT2D eigenvalue weighted by Gasteiger charge is -2.08. The van der Waals surface area contributed by atoms with Crippen LogP contribution in [-0.4, -0.2) is 5.33 Å². The van der Waals surface area contributed by atoms with Gasteiger partial charge >= 0.3 is 0 Å². The molecule has 14 heavy (non-hydrogen) atoms. The average molecular weight is 267 g/mol. The summed E-state index contributed by atoms with van der Waals surface area (Å²) in [6.07, 6.45) is -1.60. The second-order valence-electron chi connectivity index (χ2n) is 2.90. The fourth-order valence-electron chi connectivity index (χ4n) is 1.29. The van der Waals surface area contributed by atoms with Gasteiger partial charge in [-0.05, 0) is 24.5 Å². The zero-order valence-electron chi connectivity index (χ0n) is 7.44. The van der Waals surface area contributed by atoms with E-state index >= 15 is 0 Å². The van der Waals surface area contributed by atoms with E-state index in [0.29, 0.717) is 18.2 Å². The second-order valence-corrected chi connectivity index (χ2v) is 3.69. The molecule has 1 rings (SSSR count). The maximum absolute atomic E-state index is 13.2. The van der Waals surface area contributed by atoms with Crippen molar-refractivity contribution in [3.05, 3.63) is 35.1 Å². The molecule has 0 fully saturated rings. The van der Waals surface area contributed by atoms with Gasteiger partial charge in [0.15, 0.2) is 0 Å². The van der Waals surface area contributed by atoms with Crippen LogP contribution in [0.2, 0.25) is 0 Å². The molecule has 0 spiro atoms. The third-order valence-electron chi connectivity index (χ3n) is 1.95. The fraction of sp³-hybridized carbons (Fsp3) is 0.400. The standard InChI is InChI=1S/C10H10BrF3/c11-6-2-4-7-8(10(13)14)3-1-5-9(7)12/h1,3,5,10H,2,4,6H2. The van der Waals surface area contributed by atoms with Gasteiger partial charge in [-0.2, -0.15) is 0 Å². The predicted molar refractivity (Wildman–Crippen MR) is 53.5 cm³/mol. The lowest BCUT2D eigenvalue weighted by Crippen LogP contribution is -1.99. The van der Waals surface area contributed by atoms with Gasteiger partial charge in [-0.1, -0.05) is 28.1 Å². The molecule has 0 aliphatic rings. The van der Waals surface area contributed by atoms with Gasteiger partial charge in [0.05, 0.1) is 0 Å². The number of halogens is 4. The van der Waals surface area contributed by atoms with Crippen LogP contribution in [0.5, 0.6) is 0 Å². The molecule has 0 heterocycles. The number of hydrogen-bond acceptors (Lipinski definition) is 0. The predicted octanol–water partition coefficient (Wildman–Crippen LogP) is 4.09. The van der Waals surface area contributed by atoms with Gasteiger partial charge in [0, 0.05) is 10.9 Å². The van der Waals surface area contributed by atoms with Crippen LogP contribution in [-0.2, 0) is 6.42 Å². The Morgan fingerprint density at radius 3 is 2.57 bits per heavy atom. The van der Waals surface area contributed by atoms with Crippen molar-refractivity contribution in [1.29, 1.82) is 0 Å². The van der Waals surface area contributed by atoms with Crippen LogP contribution in [0.3, 0.4) is 0 Å². The lowest BCUT2D eigenvalue weighted by molar-refractivity contribution is 0.149. The van der Waals surface area contributed by atoms with Crippen molar-refractivity contribution in [2.75, 3.05) is 5.33 Å². The lowest BCUT2D eigenvalue weighted by atomic mass is 10.0. The molecule has 0 aliphatic heterocycles. The minimum atomic E-state index is -2.60. The van der Waals surface area contributed by atoms with E-state index in [1.54, 1.807) is 0 Å². The highest BCUT2D eigenvalue weighted by molar-refractivity contribution is 9.09. The van der Waals surface area contributed by atoms with E-state index in [0.717, 1.165) is 0 Å². The van der Waals surface area contributed by atoms with Gasteiger partial charge in [0.25, 0.3) is 6.43 Å². The van der Waals surface area contributed by atoms with Gasteiger partial charge in [0.2, 0.25) is 0 Å². The van der Waals surface area contributed by atoms with Crippen molar-refractivity contribution in [2.45, 2.75) is 19.3 Å². The van der Waals surface area contributed by atoms with E-state index in [4.69, 9.17) is 0 Å². The molecule has 0 saturated heterocycles. The quantitative estimate of drug-likeness (QED) is 0.721. The zero-order valence-corrected chi connectivity index (χ0v) is 9.03. The Morgan fingerprint density at radius 1 is 1.29 bits per heavy atom. The normalized spacial score (nSPS) is 10.9. The summed E-state index contributed by atoms with van der Waals surface area (Å²) in [4.78, 5) is 0. The molecular formula is C10H10BrF3. The zero-order chi connectivity index (χ0) is 10.6. The van der Waals surface area contributed by atoms with E-state index < -0.39 is 12.2 Å². The second kappa shape index (κ2) is 5.39. The monoisotopic (exact) mass is 266 g/mol. The summed E-state index contributed by atoms with van der Waals surface area (Å²) < 4.78 is 38.1. The molecule has 0 unspecified atom stereocenters. The first-order valence-electron chi connectivity index (χ1n) is 4.28. The summed E-state index contributed by atoms with van der Waals surface area (Å²) >= 11 is 3.18. The molecule has 0 atom stereocenters. The SMILES string of the molecule is Fc1cccc(C(F)F)c1CCCBr. The highest BCUT2D eigenvalue weighted by Crippen LogP contribution is 2.25. The minimum Gasteiger partial charge on any atom is -0.207 e. The molecule has 4 heteroatoms. The molecule has 0 saturated carbocycles. The van der Waals surface area contributed by atoms with Crippen LogP contribution >= 0.6 is 15.9 Å². The largest absolute Gasteiger partial charge is 0.264 e. The van der Waals surface area contributed by atoms with E-state index in [1.165, 1.54) is 18.2 Å². The van der Waals surface area contributed by atoms with Crippen LogP contribution in [0.15, 0.2) is 18.2 Å². The maximum Gasteiger partial charge on any atom is 0.264 e. The Balaban J connectivity index is 2.96. The first-order chi connectivity index (χ1) is 6.66. The Bertz CT molecular complexity index is 299. The molecule has 0 N–H and O–H groups in total. The summed E-state index contributed by atoms with van der Waals surface area (Å²) in [5.41, 5.74) is -0.0482.